The number of ether oxygens (including phenoxy) is 6. The maximum absolute atomic E-state index is 13.0. The molecule has 11 atom stereocenters. The minimum Gasteiger partial charge on any atom is -0.462 e. The summed E-state index contributed by atoms with van der Waals surface area (Å²) in [6, 6.07) is 0. The molecule has 2 aliphatic rings. The Morgan fingerprint density at radius 3 is 1.46 bits per heavy atom. The number of unbranched alkanes of at least 4 members (excludes halogenated alkanes) is 13. The van der Waals surface area contributed by atoms with E-state index in [1.807, 2.05) is 12.2 Å². The fourth-order valence-corrected chi connectivity index (χ4v) is 7.60. The van der Waals surface area contributed by atoms with Crippen LogP contribution >= 0.6 is 0 Å². The number of esters is 2. The summed E-state index contributed by atoms with van der Waals surface area (Å²) in [6.07, 6.45) is 30.8. The fourth-order valence-electron chi connectivity index (χ4n) is 7.60. The Balaban J connectivity index is 1.85. The summed E-state index contributed by atoms with van der Waals surface area (Å²) in [6.45, 7) is 2.45. The molecule has 396 valence electrons. The molecule has 2 fully saturated rings. The first-order chi connectivity index (χ1) is 33.5. The highest BCUT2D eigenvalue weighted by molar-refractivity contribution is 5.70. The van der Waals surface area contributed by atoms with Crippen LogP contribution in [0.1, 0.15) is 162 Å². The molecule has 0 aromatic heterocycles. The number of carbonyl (C=O) groups is 2. The lowest BCUT2D eigenvalue weighted by Crippen LogP contribution is -2.61. The molecule has 15 heteroatoms. The van der Waals surface area contributed by atoms with Crippen LogP contribution in [0.5, 0.6) is 0 Å². The van der Waals surface area contributed by atoms with Crippen LogP contribution in [0.15, 0.2) is 72.9 Å². The summed E-state index contributed by atoms with van der Waals surface area (Å²) in [5.41, 5.74) is 0. The quantitative estimate of drug-likeness (QED) is 0.0180. The standard InChI is InChI=1S/C54H90O15/c1-3-5-7-9-11-13-15-17-19-20-21-22-23-25-27-29-31-33-35-37-46(57)67-42(39-64-45(56)36-34-32-30-28-26-24-18-16-14-12-10-8-6-4-2)40-65-53-52(63)50(61)48(59)44(69-53)41-66-54-51(62)49(60)47(58)43(38-55)68-54/h11,13,16-19,21-22,25,27,31,33,42-44,47-55,58-63H,3-10,12,14-15,20,23-24,26,28-30,32,34-41H2,1-2H3/b13-11+,18-16+,19-17+,22-21+,27-25+,33-31+/t42-,43+,44+,47-,48-,49?,50?,51?,52?,53+,54+/m1/s1. The number of rotatable bonds is 39. The van der Waals surface area contributed by atoms with Crippen molar-refractivity contribution in [2.75, 3.05) is 26.4 Å². The van der Waals surface area contributed by atoms with Crippen molar-refractivity contribution in [3.63, 3.8) is 0 Å². The van der Waals surface area contributed by atoms with Crippen molar-refractivity contribution in [1.29, 1.82) is 0 Å². The van der Waals surface area contributed by atoms with Gasteiger partial charge in [-0.3, -0.25) is 9.59 Å². The van der Waals surface area contributed by atoms with Gasteiger partial charge in [-0.05, 0) is 77.0 Å². The third-order valence-corrected chi connectivity index (χ3v) is 11.9. The topological polar surface area (TPSA) is 231 Å². The lowest BCUT2D eigenvalue weighted by atomic mass is 9.98. The summed E-state index contributed by atoms with van der Waals surface area (Å²) in [5.74, 6) is -1.04. The molecule has 0 aromatic rings. The first kappa shape index (κ1) is 62.1. The second-order valence-electron chi connectivity index (χ2n) is 18.0. The van der Waals surface area contributed by atoms with Crippen LogP contribution in [0.2, 0.25) is 0 Å². The molecule has 69 heavy (non-hydrogen) atoms. The number of carbonyl (C=O) groups excluding carboxylic acids is 2. The van der Waals surface area contributed by atoms with Crippen LogP contribution in [0.4, 0.5) is 0 Å². The Hall–Kier alpha value is -3.06. The van der Waals surface area contributed by atoms with Gasteiger partial charge in [0.1, 0.15) is 55.4 Å². The first-order valence-corrected chi connectivity index (χ1v) is 26.0. The van der Waals surface area contributed by atoms with Crippen LogP contribution in [-0.2, 0) is 38.0 Å². The average molecular weight is 979 g/mol. The van der Waals surface area contributed by atoms with Crippen LogP contribution in [0.3, 0.4) is 0 Å². The van der Waals surface area contributed by atoms with Gasteiger partial charge in [-0.2, -0.15) is 0 Å². The van der Waals surface area contributed by atoms with Gasteiger partial charge in [-0.1, -0.05) is 145 Å². The second-order valence-corrected chi connectivity index (χ2v) is 18.0. The molecule has 0 aliphatic carbocycles. The van der Waals surface area contributed by atoms with E-state index in [2.05, 4.69) is 74.6 Å². The maximum atomic E-state index is 13.0. The van der Waals surface area contributed by atoms with Gasteiger partial charge in [0.2, 0.25) is 0 Å². The van der Waals surface area contributed by atoms with Crippen molar-refractivity contribution in [1.82, 2.24) is 0 Å². The summed E-state index contributed by atoms with van der Waals surface area (Å²) in [5, 5.41) is 72.1. The molecule has 2 heterocycles. The molecule has 7 N–H and O–H groups in total. The molecule has 4 unspecified atom stereocenters. The SMILES string of the molecule is CCCCC/C=C/C/C=C/C/C=C/C/C=C/C/C=C/CCC(=O)O[C@H](COC(=O)CCCCCCC/C=C/CCCCCCC)CO[C@H]1O[C@@H](CO[C@H]2O[C@@H](CO)[C@@H](O)C(O)C2O)[C@@H](O)C(O)C1O. The van der Waals surface area contributed by atoms with Crippen molar-refractivity contribution in [2.24, 2.45) is 0 Å². The minimum atomic E-state index is -1.78. The summed E-state index contributed by atoms with van der Waals surface area (Å²) in [4.78, 5) is 25.7. The zero-order valence-corrected chi connectivity index (χ0v) is 41.8. The molecule has 15 nitrogen and oxygen atoms in total. The highest BCUT2D eigenvalue weighted by Gasteiger charge is 2.47. The third kappa shape index (κ3) is 28.5. The molecule has 0 aromatic carbocycles. The van der Waals surface area contributed by atoms with Crippen LogP contribution in [-0.4, -0.2) is 142 Å². The first-order valence-electron chi connectivity index (χ1n) is 26.0. The van der Waals surface area contributed by atoms with Gasteiger partial charge in [-0.25, -0.2) is 0 Å². The fraction of sp³-hybridized carbons (Fsp3) is 0.741. The minimum absolute atomic E-state index is 0.0369. The van der Waals surface area contributed by atoms with Gasteiger partial charge in [0.15, 0.2) is 18.7 Å². The van der Waals surface area contributed by atoms with E-state index in [0.29, 0.717) is 19.3 Å². The number of allylic oxidation sites excluding steroid dienone is 12. The smallest absolute Gasteiger partial charge is 0.306 e. The van der Waals surface area contributed by atoms with Gasteiger partial charge in [-0.15, -0.1) is 0 Å². The third-order valence-electron chi connectivity index (χ3n) is 11.9. The second kappa shape index (κ2) is 40.5. The molecule has 0 radical (unpaired) electrons. The lowest BCUT2D eigenvalue weighted by Gasteiger charge is -2.42. The van der Waals surface area contributed by atoms with Crippen LogP contribution in [0, 0.1) is 0 Å². The van der Waals surface area contributed by atoms with Gasteiger partial charge in [0.05, 0.1) is 19.8 Å². The Kier molecular flexibility index (Phi) is 36.4. The zero-order chi connectivity index (χ0) is 50.3. The largest absolute Gasteiger partial charge is 0.462 e. The monoisotopic (exact) mass is 979 g/mol. The molecule has 2 rings (SSSR count). The Bertz CT molecular complexity index is 1480. The molecule has 2 aliphatic heterocycles. The molecule has 0 bridgehead atoms. The van der Waals surface area contributed by atoms with E-state index >= 15 is 0 Å². The van der Waals surface area contributed by atoms with E-state index in [-0.39, 0.29) is 19.4 Å². The van der Waals surface area contributed by atoms with Crippen molar-refractivity contribution in [2.45, 2.75) is 229 Å². The predicted octanol–water partition coefficient (Wildman–Crippen LogP) is 7.43. The zero-order valence-electron chi connectivity index (χ0n) is 41.8. The normalized spacial score (nSPS) is 26.2. The summed E-state index contributed by atoms with van der Waals surface area (Å²) in [7, 11) is 0. The van der Waals surface area contributed by atoms with Gasteiger partial charge >= 0.3 is 11.9 Å². The number of hydrogen-bond donors (Lipinski definition) is 7. The van der Waals surface area contributed by atoms with Crippen LogP contribution < -0.4 is 0 Å². The average Bonchev–Trinajstić information content (AvgIpc) is 3.34. The van der Waals surface area contributed by atoms with Gasteiger partial charge in [0.25, 0.3) is 0 Å². The molecule has 2 saturated heterocycles. The molecule has 0 saturated carbocycles. The van der Waals surface area contributed by atoms with Crippen molar-refractivity contribution >= 4 is 11.9 Å². The van der Waals surface area contributed by atoms with Gasteiger partial charge in [0, 0.05) is 12.8 Å². The highest BCUT2D eigenvalue weighted by Crippen LogP contribution is 2.26. The van der Waals surface area contributed by atoms with Gasteiger partial charge < -0.3 is 64.2 Å². The number of aliphatic hydroxyl groups excluding tert-OH is 7. The number of hydrogen-bond acceptors (Lipinski definition) is 15. The van der Waals surface area contributed by atoms with E-state index in [0.717, 1.165) is 64.2 Å². The Morgan fingerprint density at radius 2 is 0.899 bits per heavy atom. The molecule has 0 spiro atoms. The van der Waals surface area contributed by atoms with E-state index in [9.17, 15) is 45.3 Å². The predicted molar refractivity (Wildman–Crippen MR) is 266 cm³/mol. The highest BCUT2D eigenvalue weighted by atomic mass is 16.7. The molecular weight excluding hydrogens is 889 g/mol. The lowest BCUT2D eigenvalue weighted by molar-refractivity contribution is -0.332. The van der Waals surface area contributed by atoms with Crippen molar-refractivity contribution < 1.29 is 73.8 Å². The Labute approximate surface area is 412 Å². The summed E-state index contributed by atoms with van der Waals surface area (Å²) >= 11 is 0. The van der Waals surface area contributed by atoms with E-state index in [1.165, 1.54) is 51.4 Å². The molecule has 0 amide bonds. The van der Waals surface area contributed by atoms with Crippen molar-refractivity contribution in [3.05, 3.63) is 72.9 Å². The molecular formula is C54H90O15. The summed E-state index contributed by atoms with van der Waals surface area (Å²) < 4.78 is 33.5. The Morgan fingerprint density at radius 1 is 0.464 bits per heavy atom. The van der Waals surface area contributed by atoms with E-state index < -0.39 is 99.3 Å². The maximum Gasteiger partial charge on any atom is 0.306 e. The van der Waals surface area contributed by atoms with Crippen LogP contribution in [0.25, 0.3) is 0 Å². The number of aliphatic hydroxyl groups is 7. The van der Waals surface area contributed by atoms with E-state index in [4.69, 9.17) is 28.4 Å². The van der Waals surface area contributed by atoms with E-state index in [1.54, 1.807) is 0 Å². The van der Waals surface area contributed by atoms with Crippen molar-refractivity contribution in [3.8, 4) is 0 Å².